The minimum absolute atomic E-state index is 0.331. The van der Waals surface area contributed by atoms with Gasteiger partial charge in [-0.2, -0.15) is 0 Å². The molecule has 1 fully saturated rings. The predicted molar refractivity (Wildman–Crippen MR) is 66.4 cm³/mol. The zero-order valence-electron chi connectivity index (χ0n) is 9.08. The summed E-state index contributed by atoms with van der Waals surface area (Å²) in [6.45, 7) is 3.39. The molecule has 0 bridgehead atoms. The van der Waals surface area contributed by atoms with Crippen LogP contribution in [0.1, 0.15) is 12.0 Å². The molecule has 1 aliphatic rings. The maximum atomic E-state index is 9.78. The third-order valence-electron chi connectivity index (χ3n) is 2.84. The molecule has 0 saturated carbocycles. The maximum Gasteiger partial charge on any atom is 0.134 e. The first-order valence-electron chi connectivity index (χ1n) is 5.52. The van der Waals surface area contributed by atoms with Crippen molar-refractivity contribution in [2.75, 3.05) is 19.8 Å². The van der Waals surface area contributed by atoms with Gasteiger partial charge >= 0.3 is 0 Å². The Labute approximate surface area is 104 Å². The van der Waals surface area contributed by atoms with Gasteiger partial charge in [0.25, 0.3) is 0 Å². The van der Waals surface area contributed by atoms with Crippen molar-refractivity contribution in [3.05, 3.63) is 28.2 Å². The van der Waals surface area contributed by atoms with Crippen molar-refractivity contribution in [3.63, 3.8) is 0 Å². The van der Waals surface area contributed by atoms with Crippen molar-refractivity contribution in [3.8, 4) is 5.75 Å². The highest BCUT2D eigenvalue weighted by atomic mass is 79.9. The van der Waals surface area contributed by atoms with Gasteiger partial charge < -0.3 is 15.2 Å². The van der Waals surface area contributed by atoms with Crippen LogP contribution in [0.5, 0.6) is 5.75 Å². The molecule has 1 aromatic carbocycles. The molecule has 88 valence electrons. The molecule has 1 unspecified atom stereocenters. The van der Waals surface area contributed by atoms with Gasteiger partial charge in [0.1, 0.15) is 5.75 Å². The van der Waals surface area contributed by atoms with Crippen LogP contribution in [0.3, 0.4) is 0 Å². The van der Waals surface area contributed by atoms with Crippen LogP contribution < -0.4 is 5.32 Å². The van der Waals surface area contributed by atoms with Crippen molar-refractivity contribution in [1.82, 2.24) is 5.32 Å². The topological polar surface area (TPSA) is 41.5 Å². The van der Waals surface area contributed by atoms with E-state index in [9.17, 15) is 5.11 Å². The minimum atomic E-state index is 0.331. The average molecular weight is 286 g/mol. The highest BCUT2D eigenvalue weighted by Gasteiger charge is 2.15. The Morgan fingerprint density at radius 1 is 1.50 bits per heavy atom. The lowest BCUT2D eigenvalue weighted by molar-refractivity contribution is 0.185. The molecule has 0 spiro atoms. The maximum absolute atomic E-state index is 9.78. The number of aromatic hydroxyl groups is 1. The number of phenolic OH excluding ortho intramolecular Hbond substituents is 1. The highest BCUT2D eigenvalue weighted by molar-refractivity contribution is 9.10. The zero-order valence-corrected chi connectivity index (χ0v) is 10.7. The highest BCUT2D eigenvalue weighted by Crippen LogP contribution is 2.27. The van der Waals surface area contributed by atoms with Crippen molar-refractivity contribution < 1.29 is 9.84 Å². The van der Waals surface area contributed by atoms with Crippen LogP contribution in [-0.2, 0) is 11.3 Å². The van der Waals surface area contributed by atoms with Crippen LogP contribution in [0.4, 0.5) is 0 Å². The lowest BCUT2D eigenvalue weighted by atomic mass is 10.1. The Morgan fingerprint density at radius 3 is 3.12 bits per heavy atom. The van der Waals surface area contributed by atoms with Gasteiger partial charge in [0.15, 0.2) is 0 Å². The first kappa shape index (κ1) is 11.9. The van der Waals surface area contributed by atoms with Crippen molar-refractivity contribution in [1.29, 1.82) is 0 Å². The van der Waals surface area contributed by atoms with Crippen LogP contribution in [0.15, 0.2) is 22.7 Å². The zero-order chi connectivity index (χ0) is 11.4. The van der Waals surface area contributed by atoms with E-state index in [4.69, 9.17) is 4.74 Å². The van der Waals surface area contributed by atoms with Crippen LogP contribution in [0.2, 0.25) is 0 Å². The molecule has 0 radical (unpaired) electrons. The molecule has 3 nitrogen and oxygen atoms in total. The molecule has 2 N–H and O–H groups in total. The van der Waals surface area contributed by atoms with Gasteiger partial charge in [-0.05, 0) is 34.3 Å². The SMILES string of the molecule is Oc1c(Br)cccc1CNCC1CCOC1. The predicted octanol–water partition coefficient (Wildman–Crippen LogP) is 2.28. The number of hydrogen-bond donors (Lipinski definition) is 2. The molecule has 0 aliphatic carbocycles. The first-order chi connectivity index (χ1) is 7.77. The van der Waals surface area contributed by atoms with Crippen LogP contribution in [-0.4, -0.2) is 24.9 Å². The summed E-state index contributed by atoms with van der Waals surface area (Å²) in [5.74, 6) is 0.951. The minimum Gasteiger partial charge on any atom is -0.506 e. The Kier molecular flexibility index (Phi) is 4.21. The van der Waals surface area contributed by atoms with E-state index in [0.717, 1.165) is 36.2 Å². The normalized spacial score (nSPS) is 20.2. The molecule has 1 saturated heterocycles. The fraction of sp³-hybridized carbons (Fsp3) is 0.500. The van der Waals surface area contributed by atoms with Gasteiger partial charge in [0.05, 0.1) is 11.1 Å². The van der Waals surface area contributed by atoms with E-state index in [0.29, 0.717) is 18.2 Å². The van der Waals surface area contributed by atoms with Gasteiger partial charge in [-0.25, -0.2) is 0 Å². The van der Waals surface area contributed by atoms with E-state index < -0.39 is 0 Å². The smallest absolute Gasteiger partial charge is 0.134 e. The quantitative estimate of drug-likeness (QED) is 0.892. The number of rotatable bonds is 4. The van der Waals surface area contributed by atoms with E-state index in [2.05, 4.69) is 21.2 Å². The van der Waals surface area contributed by atoms with Gasteiger partial charge in [0.2, 0.25) is 0 Å². The summed E-state index contributed by atoms with van der Waals surface area (Å²) in [6.07, 6.45) is 1.14. The number of halogens is 1. The van der Waals surface area contributed by atoms with Gasteiger partial charge in [-0.3, -0.25) is 0 Å². The van der Waals surface area contributed by atoms with Gasteiger partial charge in [-0.15, -0.1) is 0 Å². The van der Waals surface area contributed by atoms with Gasteiger partial charge in [-0.1, -0.05) is 12.1 Å². The summed E-state index contributed by atoms with van der Waals surface area (Å²) in [5.41, 5.74) is 0.924. The lowest BCUT2D eigenvalue weighted by Gasteiger charge is -2.10. The largest absolute Gasteiger partial charge is 0.506 e. The molecule has 4 heteroatoms. The average Bonchev–Trinajstić information content (AvgIpc) is 2.77. The number of ether oxygens (including phenoxy) is 1. The van der Waals surface area contributed by atoms with Crippen LogP contribution in [0, 0.1) is 5.92 Å². The lowest BCUT2D eigenvalue weighted by Crippen LogP contribution is -2.22. The second kappa shape index (κ2) is 5.66. The van der Waals surface area contributed by atoms with E-state index in [1.54, 1.807) is 0 Å². The number of para-hydroxylation sites is 1. The van der Waals surface area contributed by atoms with E-state index in [-0.39, 0.29) is 0 Å². The van der Waals surface area contributed by atoms with Gasteiger partial charge in [0, 0.05) is 25.3 Å². The molecule has 16 heavy (non-hydrogen) atoms. The molecule has 1 aromatic rings. The molecule has 1 heterocycles. The summed E-state index contributed by atoms with van der Waals surface area (Å²) in [7, 11) is 0. The molecule has 0 amide bonds. The summed E-state index contributed by atoms with van der Waals surface area (Å²) in [4.78, 5) is 0. The molecule has 2 rings (SSSR count). The Morgan fingerprint density at radius 2 is 2.38 bits per heavy atom. The molecule has 1 atom stereocenters. The number of hydrogen-bond acceptors (Lipinski definition) is 3. The molecular weight excluding hydrogens is 270 g/mol. The fourth-order valence-corrected chi connectivity index (χ4v) is 2.27. The summed E-state index contributed by atoms with van der Waals surface area (Å²) in [5, 5.41) is 13.1. The number of benzene rings is 1. The first-order valence-corrected chi connectivity index (χ1v) is 6.31. The molecule has 0 aromatic heterocycles. The Balaban J connectivity index is 1.82. The van der Waals surface area contributed by atoms with E-state index in [1.807, 2.05) is 18.2 Å². The molecular formula is C12H16BrNO2. The van der Waals surface area contributed by atoms with E-state index >= 15 is 0 Å². The standard InChI is InChI=1S/C12H16BrNO2/c13-11-3-1-2-10(12(11)15)7-14-6-9-4-5-16-8-9/h1-3,9,14-15H,4-8H2. The Bertz CT molecular complexity index is 351. The Hall–Kier alpha value is -0.580. The van der Waals surface area contributed by atoms with E-state index in [1.165, 1.54) is 0 Å². The summed E-state index contributed by atoms with van der Waals surface area (Å²) in [6, 6.07) is 5.70. The van der Waals surface area contributed by atoms with Crippen LogP contribution >= 0.6 is 15.9 Å². The fourth-order valence-electron chi connectivity index (χ4n) is 1.86. The van der Waals surface area contributed by atoms with Crippen molar-refractivity contribution in [2.24, 2.45) is 5.92 Å². The van der Waals surface area contributed by atoms with Crippen molar-refractivity contribution in [2.45, 2.75) is 13.0 Å². The second-order valence-electron chi connectivity index (χ2n) is 4.11. The number of nitrogens with one attached hydrogen (secondary N) is 1. The summed E-state index contributed by atoms with van der Waals surface area (Å²) >= 11 is 3.31. The number of phenols is 1. The second-order valence-corrected chi connectivity index (χ2v) is 4.96. The monoisotopic (exact) mass is 285 g/mol. The molecule has 1 aliphatic heterocycles. The van der Waals surface area contributed by atoms with Crippen LogP contribution in [0.25, 0.3) is 0 Å². The summed E-state index contributed by atoms with van der Waals surface area (Å²) < 4.78 is 6.05. The third kappa shape index (κ3) is 2.97. The third-order valence-corrected chi connectivity index (χ3v) is 3.48. The van der Waals surface area contributed by atoms with Crippen molar-refractivity contribution >= 4 is 15.9 Å².